The summed E-state index contributed by atoms with van der Waals surface area (Å²) in [4.78, 5) is 38.3. The number of ether oxygens (including phenoxy) is 3. The molecule has 434 valence electrons. The summed E-state index contributed by atoms with van der Waals surface area (Å²) in [7, 11) is 0. The van der Waals surface area contributed by atoms with Crippen LogP contribution in [-0.2, 0) is 28.6 Å². The van der Waals surface area contributed by atoms with Crippen LogP contribution in [0, 0.1) is 0 Å². The molecule has 0 aliphatic carbocycles. The van der Waals surface area contributed by atoms with Gasteiger partial charge >= 0.3 is 17.9 Å². The van der Waals surface area contributed by atoms with Crippen LogP contribution in [-0.4, -0.2) is 37.2 Å². The molecule has 1 unspecified atom stereocenters. The molecular weight excluding hydrogens is 925 g/mol. The highest BCUT2D eigenvalue weighted by Crippen LogP contribution is 2.17. The van der Waals surface area contributed by atoms with Crippen molar-refractivity contribution >= 4 is 17.9 Å². The number of carbonyl (C=O) groups is 3. The molecule has 0 spiro atoms. The topological polar surface area (TPSA) is 78.9 Å². The zero-order chi connectivity index (χ0) is 54.3. The van der Waals surface area contributed by atoms with Gasteiger partial charge in [0.15, 0.2) is 6.10 Å². The molecule has 0 amide bonds. The molecule has 0 bridgehead atoms. The van der Waals surface area contributed by atoms with Gasteiger partial charge in [-0.15, -0.1) is 0 Å². The Balaban J connectivity index is 4.31. The fraction of sp³-hybridized carbons (Fsp3) is 0.783. The van der Waals surface area contributed by atoms with E-state index in [0.717, 1.165) is 103 Å². The molecule has 0 aliphatic rings. The second-order valence-electron chi connectivity index (χ2n) is 21.6. The summed E-state index contributed by atoms with van der Waals surface area (Å²) in [6.07, 6.45) is 82.0. The summed E-state index contributed by atoms with van der Waals surface area (Å²) in [6, 6.07) is 0. The van der Waals surface area contributed by atoms with Gasteiger partial charge in [-0.3, -0.25) is 14.4 Å². The fourth-order valence-electron chi connectivity index (χ4n) is 9.31. The van der Waals surface area contributed by atoms with Crippen LogP contribution < -0.4 is 0 Å². The molecule has 0 N–H and O–H groups in total. The summed E-state index contributed by atoms with van der Waals surface area (Å²) < 4.78 is 16.9. The molecule has 0 saturated heterocycles. The predicted octanol–water partition coefficient (Wildman–Crippen LogP) is 22.1. The second-order valence-corrected chi connectivity index (χ2v) is 21.6. The number of hydrogen-bond acceptors (Lipinski definition) is 6. The lowest BCUT2D eigenvalue weighted by Gasteiger charge is -2.18. The Hall–Kier alpha value is -3.15. The number of carbonyl (C=O) groups excluding carboxylic acids is 3. The third-order valence-electron chi connectivity index (χ3n) is 14.2. The first-order valence-electron chi connectivity index (χ1n) is 32.4. The third-order valence-corrected chi connectivity index (χ3v) is 14.2. The van der Waals surface area contributed by atoms with Crippen molar-refractivity contribution in [1.29, 1.82) is 0 Å². The molecule has 0 aromatic heterocycles. The first-order valence-corrected chi connectivity index (χ1v) is 32.4. The lowest BCUT2D eigenvalue weighted by atomic mass is 10.0. The molecule has 0 rings (SSSR count). The van der Waals surface area contributed by atoms with Gasteiger partial charge in [0.25, 0.3) is 0 Å². The Morgan fingerprint density at radius 3 is 0.853 bits per heavy atom. The predicted molar refractivity (Wildman–Crippen MR) is 325 cm³/mol. The van der Waals surface area contributed by atoms with Crippen LogP contribution >= 0.6 is 0 Å². The maximum Gasteiger partial charge on any atom is 0.306 e. The lowest BCUT2D eigenvalue weighted by molar-refractivity contribution is -0.167. The molecule has 1 atom stereocenters. The van der Waals surface area contributed by atoms with Crippen molar-refractivity contribution in [3.8, 4) is 0 Å². The molecule has 0 heterocycles. The van der Waals surface area contributed by atoms with E-state index in [0.29, 0.717) is 19.3 Å². The summed E-state index contributed by atoms with van der Waals surface area (Å²) >= 11 is 0. The van der Waals surface area contributed by atoms with E-state index in [9.17, 15) is 14.4 Å². The van der Waals surface area contributed by atoms with Gasteiger partial charge in [0.1, 0.15) is 13.2 Å². The van der Waals surface area contributed by atoms with Gasteiger partial charge in [-0.05, 0) is 109 Å². The van der Waals surface area contributed by atoms with E-state index in [4.69, 9.17) is 14.2 Å². The molecule has 0 saturated carbocycles. The minimum atomic E-state index is -0.787. The highest BCUT2D eigenvalue weighted by Gasteiger charge is 2.19. The molecule has 0 fully saturated rings. The third kappa shape index (κ3) is 61.6. The van der Waals surface area contributed by atoms with Crippen molar-refractivity contribution < 1.29 is 28.6 Å². The monoisotopic (exact) mass is 1050 g/mol. The molecule has 0 aromatic carbocycles. The first kappa shape index (κ1) is 71.8. The van der Waals surface area contributed by atoms with Crippen molar-refractivity contribution in [2.45, 2.75) is 335 Å². The Kier molecular flexibility index (Phi) is 60.7. The van der Waals surface area contributed by atoms with E-state index in [2.05, 4.69) is 93.7 Å². The zero-order valence-electron chi connectivity index (χ0n) is 49.8. The minimum Gasteiger partial charge on any atom is -0.462 e. The highest BCUT2D eigenvalue weighted by atomic mass is 16.6. The lowest BCUT2D eigenvalue weighted by Crippen LogP contribution is -2.30. The molecule has 0 aromatic rings. The van der Waals surface area contributed by atoms with Gasteiger partial charge in [0, 0.05) is 19.3 Å². The molecule has 6 heteroatoms. The van der Waals surface area contributed by atoms with Gasteiger partial charge in [-0.1, -0.05) is 273 Å². The van der Waals surface area contributed by atoms with Crippen molar-refractivity contribution in [1.82, 2.24) is 0 Å². The van der Waals surface area contributed by atoms with E-state index >= 15 is 0 Å². The van der Waals surface area contributed by atoms with Crippen molar-refractivity contribution in [3.05, 3.63) is 72.9 Å². The molecule has 0 aliphatic heterocycles. The quantitative estimate of drug-likeness (QED) is 0.0261. The summed E-state index contributed by atoms with van der Waals surface area (Å²) in [5, 5.41) is 0. The van der Waals surface area contributed by atoms with E-state index in [1.165, 1.54) is 186 Å². The van der Waals surface area contributed by atoms with Crippen LogP contribution in [0.25, 0.3) is 0 Å². The second kappa shape index (κ2) is 63.4. The zero-order valence-corrected chi connectivity index (χ0v) is 49.8. The number of rotatable bonds is 59. The number of unbranched alkanes of at least 4 members (excludes halogenated alkanes) is 36. The van der Waals surface area contributed by atoms with Crippen molar-refractivity contribution in [2.24, 2.45) is 0 Å². The van der Waals surface area contributed by atoms with Gasteiger partial charge in [-0.2, -0.15) is 0 Å². The smallest absolute Gasteiger partial charge is 0.306 e. The standard InChI is InChI=1S/C69H122O6/c1-4-7-10-13-16-19-22-25-28-30-31-32-33-34-35-36-37-39-41-44-47-50-53-56-59-62-68(71)74-65-66(64-73-67(70)61-58-55-52-49-46-43-40-27-24-21-18-15-12-9-6-3)75-69(72)63-60-57-54-51-48-45-42-38-29-26-23-20-17-14-11-8-5-2/h8,11,17-18,20-21,26-27,29-31,40,66H,4-7,9-10,12-16,19,22-25,28,32-39,41-65H2,1-3H3/b11-8-,20-17-,21-18-,29-26-,31-30-,40-27-. The molecule has 75 heavy (non-hydrogen) atoms. The highest BCUT2D eigenvalue weighted by molar-refractivity contribution is 5.71. The van der Waals surface area contributed by atoms with E-state index in [1.54, 1.807) is 0 Å². The van der Waals surface area contributed by atoms with Gasteiger partial charge < -0.3 is 14.2 Å². The maximum atomic E-state index is 12.9. The van der Waals surface area contributed by atoms with Crippen LogP contribution in [0.1, 0.15) is 329 Å². The van der Waals surface area contributed by atoms with E-state index < -0.39 is 6.10 Å². The molecular formula is C69H122O6. The Morgan fingerprint density at radius 1 is 0.280 bits per heavy atom. The normalized spacial score (nSPS) is 12.5. The van der Waals surface area contributed by atoms with Gasteiger partial charge in [-0.25, -0.2) is 0 Å². The van der Waals surface area contributed by atoms with Crippen molar-refractivity contribution in [2.75, 3.05) is 13.2 Å². The Labute approximate surface area is 465 Å². The fourth-order valence-corrected chi connectivity index (χ4v) is 9.31. The van der Waals surface area contributed by atoms with Crippen molar-refractivity contribution in [3.63, 3.8) is 0 Å². The summed E-state index contributed by atoms with van der Waals surface area (Å²) in [5.41, 5.74) is 0. The van der Waals surface area contributed by atoms with Crippen LogP contribution in [0.4, 0.5) is 0 Å². The van der Waals surface area contributed by atoms with Gasteiger partial charge in [0.05, 0.1) is 0 Å². The number of esters is 3. The number of hydrogen-bond donors (Lipinski definition) is 0. The first-order chi connectivity index (χ1) is 37.0. The van der Waals surface area contributed by atoms with Gasteiger partial charge in [0.2, 0.25) is 0 Å². The number of allylic oxidation sites excluding steroid dienone is 12. The van der Waals surface area contributed by atoms with Crippen LogP contribution in [0.2, 0.25) is 0 Å². The minimum absolute atomic E-state index is 0.0825. The average molecular weight is 1050 g/mol. The summed E-state index contributed by atoms with van der Waals surface area (Å²) in [6.45, 7) is 6.52. The molecule has 6 nitrogen and oxygen atoms in total. The van der Waals surface area contributed by atoms with E-state index in [-0.39, 0.29) is 31.1 Å². The van der Waals surface area contributed by atoms with Crippen LogP contribution in [0.15, 0.2) is 72.9 Å². The summed E-state index contributed by atoms with van der Waals surface area (Å²) in [5.74, 6) is -0.893. The largest absolute Gasteiger partial charge is 0.462 e. The van der Waals surface area contributed by atoms with E-state index in [1.807, 2.05) is 0 Å². The average Bonchev–Trinajstić information content (AvgIpc) is 3.41. The molecule has 0 radical (unpaired) electrons. The van der Waals surface area contributed by atoms with Crippen LogP contribution in [0.3, 0.4) is 0 Å². The Bertz CT molecular complexity index is 1390. The maximum absolute atomic E-state index is 12.9. The van der Waals surface area contributed by atoms with Crippen LogP contribution in [0.5, 0.6) is 0 Å². The SMILES string of the molecule is CC/C=C\C/C=C\C/C=C\CCCCCCCCCC(=O)OC(COC(=O)CCCCCCC/C=C\C/C=C\CCCCC)COC(=O)CCCCCCCCCCCCCCC/C=C\CCCCCCCCCC. The Morgan fingerprint density at radius 2 is 0.520 bits per heavy atom.